The molecule has 1 aliphatic heterocycles. The summed E-state index contributed by atoms with van der Waals surface area (Å²) >= 11 is 0. The van der Waals surface area contributed by atoms with Gasteiger partial charge in [0.2, 0.25) is 5.91 Å². The Morgan fingerprint density at radius 2 is 2.44 bits per heavy atom. The Morgan fingerprint density at radius 1 is 1.78 bits per heavy atom. The molecule has 1 amide bonds. The summed E-state index contributed by atoms with van der Waals surface area (Å²) < 4.78 is 0. The summed E-state index contributed by atoms with van der Waals surface area (Å²) in [4.78, 5) is 12.5. The van der Waals surface area contributed by atoms with E-state index in [2.05, 4.69) is 13.5 Å². The molecule has 0 saturated carbocycles. The average molecular weight is 124 g/mol. The van der Waals surface area contributed by atoms with Gasteiger partial charge in [0, 0.05) is 12.6 Å². The quantitative estimate of drug-likeness (QED) is 0.469. The van der Waals surface area contributed by atoms with Crippen LogP contribution < -0.4 is 0 Å². The lowest BCUT2D eigenvalue weighted by Crippen LogP contribution is -2.48. The molecule has 1 aliphatic rings. The van der Waals surface area contributed by atoms with Crippen LogP contribution in [0.3, 0.4) is 0 Å². The van der Waals surface area contributed by atoms with Crippen LogP contribution in [0, 0.1) is 6.92 Å². The van der Waals surface area contributed by atoms with Gasteiger partial charge in [-0.2, -0.15) is 0 Å². The van der Waals surface area contributed by atoms with E-state index in [1.165, 1.54) is 6.08 Å². The van der Waals surface area contributed by atoms with Gasteiger partial charge in [-0.1, -0.05) is 6.58 Å². The van der Waals surface area contributed by atoms with E-state index in [1.54, 1.807) is 4.90 Å². The lowest BCUT2D eigenvalue weighted by atomic mass is 10.1. The average Bonchev–Trinajstić information content (AvgIpc) is 1.84. The van der Waals surface area contributed by atoms with Crippen molar-refractivity contribution >= 4 is 5.91 Å². The maximum absolute atomic E-state index is 10.8. The van der Waals surface area contributed by atoms with Gasteiger partial charge in [-0.3, -0.25) is 4.79 Å². The molecule has 9 heavy (non-hydrogen) atoms. The van der Waals surface area contributed by atoms with Gasteiger partial charge in [-0.15, -0.1) is 0 Å². The number of nitrogens with zero attached hydrogens (tertiary/aromatic N) is 1. The fourth-order valence-electron chi connectivity index (χ4n) is 0.848. The Morgan fingerprint density at radius 3 is 2.56 bits per heavy atom. The van der Waals surface area contributed by atoms with Gasteiger partial charge in [0.25, 0.3) is 0 Å². The Kier molecular flexibility index (Phi) is 1.56. The molecule has 1 saturated heterocycles. The third-order valence-electron chi connectivity index (χ3n) is 1.60. The molecule has 1 heterocycles. The molecule has 0 spiro atoms. The number of rotatable bonds is 1. The van der Waals surface area contributed by atoms with Gasteiger partial charge in [0.05, 0.1) is 0 Å². The highest BCUT2D eigenvalue weighted by molar-refractivity contribution is 5.87. The third-order valence-corrected chi connectivity index (χ3v) is 1.60. The number of hydrogen-bond acceptors (Lipinski definition) is 1. The summed E-state index contributed by atoms with van der Waals surface area (Å²) in [6.45, 7) is 7.98. The van der Waals surface area contributed by atoms with Crippen LogP contribution in [-0.2, 0) is 4.79 Å². The van der Waals surface area contributed by atoms with Gasteiger partial charge in [-0.25, -0.2) is 0 Å². The van der Waals surface area contributed by atoms with E-state index in [0.29, 0.717) is 0 Å². The van der Waals surface area contributed by atoms with Crippen LogP contribution in [0.1, 0.15) is 6.42 Å². The van der Waals surface area contributed by atoms with Crippen LogP contribution in [-0.4, -0.2) is 23.4 Å². The lowest BCUT2D eigenvalue weighted by molar-refractivity contribution is -0.131. The molecular formula is C7H10NO. The Hall–Kier alpha value is -0.790. The zero-order valence-electron chi connectivity index (χ0n) is 5.34. The van der Waals surface area contributed by atoms with Crippen molar-refractivity contribution in [3.63, 3.8) is 0 Å². The number of likely N-dealkylation sites (tertiary alicyclic amines) is 1. The summed E-state index contributed by atoms with van der Waals surface area (Å²) in [6, 6.07) is 0.190. The van der Waals surface area contributed by atoms with Crippen LogP contribution in [0.25, 0.3) is 0 Å². The second-order valence-electron chi connectivity index (χ2n) is 2.18. The summed E-state index contributed by atoms with van der Waals surface area (Å²) in [7, 11) is 0. The molecular weight excluding hydrogens is 114 g/mol. The predicted molar refractivity (Wildman–Crippen MR) is 35.7 cm³/mol. The summed E-state index contributed by atoms with van der Waals surface area (Å²) in [6.07, 6.45) is 2.36. The van der Waals surface area contributed by atoms with Crippen LogP contribution in [0.15, 0.2) is 12.7 Å². The summed E-state index contributed by atoms with van der Waals surface area (Å²) in [5, 5.41) is 0. The maximum atomic E-state index is 10.8. The largest absolute Gasteiger partial charge is 0.336 e. The van der Waals surface area contributed by atoms with Crippen molar-refractivity contribution in [2.24, 2.45) is 0 Å². The van der Waals surface area contributed by atoms with E-state index in [9.17, 15) is 4.79 Å². The first-order valence-corrected chi connectivity index (χ1v) is 3.02. The van der Waals surface area contributed by atoms with E-state index in [-0.39, 0.29) is 11.9 Å². The standard InChI is InChI=1S/C7H10NO/c1-3-7(9)8-5-4-6(8)2/h3,6H,1-2,4-5H2/t6-/m0/s1. The second kappa shape index (κ2) is 2.21. The molecule has 0 aliphatic carbocycles. The molecule has 0 aromatic rings. The second-order valence-corrected chi connectivity index (χ2v) is 2.18. The Bertz CT molecular complexity index is 142. The zero-order valence-corrected chi connectivity index (χ0v) is 5.34. The predicted octanol–water partition coefficient (Wildman–Crippen LogP) is 0.607. The van der Waals surface area contributed by atoms with E-state index >= 15 is 0 Å². The molecule has 0 N–H and O–H groups in total. The molecule has 1 radical (unpaired) electrons. The van der Waals surface area contributed by atoms with Crippen molar-refractivity contribution in [3.8, 4) is 0 Å². The lowest BCUT2D eigenvalue weighted by Gasteiger charge is -2.37. The van der Waals surface area contributed by atoms with Gasteiger partial charge in [0.15, 0.2) is 0 Å². The number of amides is 1. The highest BCUT2D eigenvalue weighted by Gasteiger charge is 2.25. The molecule has 1 fully saturated rings. The van der Waals surface area contributed by atoms with Crippen LogP contribution in [0.2, 0.25) is 0 Å². The Balaban J connectivity index is 2.43. The first-order valence-electron chi connectivity index (χ1n) is 3.02. The fourth-order valence-corrected chi connectivity index (χ4v) is 0.848. The minimum Gasteiger partial charge on any atom is -0.336 e. The molecule has 0 unspecified atom stereocenters. The molecule has 0 aromatic heterocycles. The molecule has 2 heteroatoms. The monoisotopic (exact) mass is 124 g/mol. The van der Waals surface area contributed by atoms with Crippen molar-refractivity contribution in [1.29, 1.82) is 0 Å². The molecule has 0 bridgehead atoms. The molecule has 2 nitrogen and oxygen atoms in total. The molecule has 49 valence electrons. The van der Waals surface area contributed by atoms with Crippen molar-refractivity contribution in [3.05, 3.63) is 19.6 Å². The van der Waals surface area contributed by atoms with Gasteiger partial charge < -0.3 is 4.90 Å². The molecule has 0 aromatic carbocycles. The van der Waals surface area contributed by atoms with E-state index < -0.39 is 0 Å². The normalized spacial score (nSPS) is 25.0. The van der Waals surface area contributed by atoms with Crippen molar-refractivity contribution in [2.45, 2.75) is 12.5 Å². The topological polar surface area (TPSA) is 20.3 Å². The fraction of sp³-hybridized carbons (Fsp3) is 0.429. The van der Waals surface area contributed by atoms with Crippen LogP contribution in [0.5, 0.6) is 0 Å². The van der Waals surface area contributed by atoms with Crippen molar-refractivity contribution < 1.29 is 4.79 Å². The number of carbonyl (C=O) groups is 1. The third kappa shape index (κ3) is 0.969. The van der Waals surface area contributed by atoms with Gasteiger partial charge >= 0.3 is 0 Å². The Labute approximate surface area is 55.2 Å². The van der Waals surface area contributed by atoms with E-state index in [4.69, 9.17) is 0 Å². The van der Waals surface area contributed by atoms with Crippen molar-refractivity contribution in [2.75, 3.05) is 6.54 Å². The number of carbonyl (C=O) groups excluding carboxylic acids is 1. The number of hydrogen-bond donors (Lipinski definition) is 0. The van der Waals surface area contributed by atoms with Crippen molar-refractivity contribution in [1.82, 2.24) is 4.90 Å². The summed E-state index contributed by atoms with van der Waals surface area (Å²) in [5.74, 6) is 0.00116. The SMILES string of the molecule is [CH2][C@H]1CCN1C(=O)C=C. The van der Waals surface area contributed by atoms with Gasteiger partial charge in [-0.05, 0) is 19.4 Å². The smallest absolute Gasteiger partial charge is 0.246 e. The van der Waals surface area contributed by atoms with Crippen LogP contribution >= 0.6 is 0 Å². The van der Waals surface area contributed by atoms with E-state index in [0.717, 1.165) is 13.0 Å². The zero-order chi connectivity index (χ0) is 6.85. The molecule has 1 rings (SSSR count). The maximum Gasteiger partial charge on any atom is 0.246 e. The van der Waals surface area contributed by atoms with Crippen LogP contribution in [0.4, 0.5) is 0 Å². The molecule has 1 atom stereocenters. The minimum atomic E-state index is 0.00116. The van der Waals surface area contributed by atoms with E-state index in [1.807, 2.05) is 0 Å². The highest BCUT2D eigenvalue weighted by Crippen LogP contribution is 2.15. The first-order chi connectivity index (χ1) is 4.25. The van der Waals surface area contributed by atoms with Gasteiger partial charge in [0.1, 0.15) is 0 Å². The first kappa shape index (κ1) is 6.33. The minimum absolute atomic E-state index is 0.00116. The summed E-state index contributed by atoms with van der Waals surface area (Å²) in [5.41, 5.74) is 0. The highest BCUT2D eigenvalue weighted by atomic mass is 16.2.